The minimum atomic E-state index is -0.497. The summed E-state index contributed by atoms with van der Waals surface area (Å²) < 4.78 is 1.89. The molecule has 2 N–H and O–H groups in total. The third-order valence-electron chi connectivity index (χ3n) is 2.58. The van der Waals surface area contributed by atoms with Crippen LogP contribution in [0.5, 0.6) is 0 Å². The summed E-state index contributed by atoms with van der Waals surface area (Å²) in [6, 6.07) is -0.497. The Morgan fingerprint density at radius 3 is 2.67 bits per heavy atom. The molecule has 2 unspecified atom stereocenters. The lowest BCUT2D eigenvalue weighted by atomic mass is 9.95. The van der Waals surface area contributed by atoms with Crippen LogP contribution in [0.3, 0.4) is 0 Å². The molecule has 0 bridgehead atoms. The van der Waals surface area contributed by atoms with Gasteiger partial charge < -0.3 is 5.73 Å². The third-order valence-corrected chi connectivity index (χ3v) is 3.11. The fourth-order valence-corrected chi connectivity index (χ4v) is 1.79. The van der Waals surface area contributed by atoms with Crippen molar-refractivity contribution in [2.24, 2.45) is 18.7 Å². The SMILES string of the molecule is CCC(C)C(N)C(=O)c1c(Br)nnn1C. The maximum atomic E-state index is 12.0. The predicted octanol–water partition coefficient (Wildman–Crippen LogP) is 1.13. The molecule has 1 heterocycles. The molecule has 6 heteroatoms. The first-order valence-electron chi connectivity index (χ1n) is 4.84. The second-order valence-corrected chi connectivity index (χ2v) is 4.38. The molecule has 5 nitrogen and oxygen atoms in total. The van der Waals surface area contributed by atoms with Crippen LogP contribution < -0.4 is 5.73 Å². The Morgan fingerprint density at radius 1 is 1.67 bits per heavy atom. The molecule has 0 aliphatic rings. The summed E-state index contributed by atoms with van der Waals surface area (Å²) in [4.78, 5) is 12.0. The average Bonchev–Trinajstić information content (AvgIpc) is 2.55. The number of halogens is 1. The summed E-state index contributed by atoms with van der Waals surface area (Å²) in [5.74, 6) is 0.0306. The van der Waals surface area contributed by atoms with Gasteiger partial charge in [-0.1, -0.05) is 25.5 Å². The van der Waals surface area contributed by atoms with E-state index in [9.17, 15) is 4.79 Å². The van der Waals surface area contributed by atoms with Crippen molar-refractivity contribution >= 4 is 21.7 Å². The molecule has 0 saturated carbocycles. The number of ketones is 1. The van der Waals surface area contributed by atoms with E-state index in [1.807, 2.05) is 13.8 Å². The lowest BCUT2D eigenvalue weighted by molar-refractivity contribution is 0.0924. The molecule has 0 aromatic carbocycles. The van der Waals surface area contributed by atoms with Crippen molar-refractivity contribution in [3.63, 3.8) is 0 Å². The molecule has 0 radical (unpaired) electrons. The second-order valence-electron chi connectivity index (χ2n) is 3.63. The first-order valence-corrected chi connectivity index (χ1v) is 5.63. The van der Waals surface area contributed by atoms with Crippen LogP contribution in [0.15, 0.2) is 4.60 Å². The van der Waals surface area contributed by atoms with Crippen LogP contribution in [0.2, 0.25) is 0 Å². The van der Waals surface area contributed by atoms with Gasteiger partial charge in [0.2, 0.25) is 5.78 Å². The number of Topliss-reactive ketones (excluding diaryl/α,β-unsaturated/α-hetero) is 1. The zero-order valence-electron chi connectivity index (χ0n) is 9.07. The molecule has 0 fully saturated rings. The van der Waals surface area contributed by atoms with E-state index in [0.29, 0.717) is 10.3 Å². The monoisotopic (exact) mass is 274 g/mol. The van der Waals surface area contributed by atoms with Gasteiger partial charge in [-0.15, -0.1) is 5.10 Å². The molecule has 0 saturated heterocycles. The molecule has 1 rings (SSSR count). The Balaban J connectivity index is 2.94. The first kappa shape index (κ1) is 12.3. The lowest BCUT2D eigenvalue weighted by Crippen LogP contribution is -2.37. The van der Waals surface area contributed by atoms with Gasteiger partial charge in [0.25, 0.3) is 0 Å². The van der Waals surface area contributed by atoms with Gasteiger partial charge in [-0.05, 0) is 21.8 Å². The van der Waals surface area contributed by atoms with Crippen LogP contribution in [-0.2, 0) is 7.05 Å². The Kier molecular flexibility index (Phi) is 3.98. The number of hydrogen-bond donors (Lipinski definition) is 1. The molecule has 0 spiro atoms. The van der Waals surface area contributed by atoms with E-state index in [0.717, 1.165) is 6.42 Å². The fraction of sp³-hybridized carbons (Fsp3) is 0.667. The minimum absolute atomic E-state index is 0.122. The van der Waals surface area contributed by atoms with Crippen molar-refractivity contribution in [2.75, 3.05) is 0 Å². The molecule has 0 aliphatic carbocycles. The average molecular weight is 275 g/mol. The van der Waals surface area contributed by atoms with E-state index in [4.69, 9.17) is 5.73 Å². The van der Waals surface area contributed by atoms with Crippen LogP contribution >= 0.6 is 15.9 Å². The molecular weight excluding hydrogens is 260 g/mol. The number of nitrogens with two attached hydrogens (primary N) is 1. The third kappa shape index (κ3) is 2.43. The zero-order chi connectivity index (χ0) is 11.6. The number of nitrogens with zero attached hydrogens (tertiary/aromatic N) is 3. The summed E-state index contributed by atoms with van der Waals surface area (Å²) in [6.45, 7) is 3.97. The van der Waals surface area contributed by atoms with Gasteiger partial charge in [-0.2, -0.15) is 0 Å². The summed E-state index contributed by atoms with van der Waals surface area (Å²) in [5, 5.41) is 7.51. The molecule has 84 valence electrons. The number of aromatic nitrogens is 3. The van der Waals surface area contributed by atoms with Crippen molar-refractivity contribution in [2.45, 2.75) is 26.3 Å². The van der Waals surface area contributed by atoms with Crippen LogP contribution in [-0.4, -0.2) is 26.8 Å². The Morgan fingerprint density at radius 2 is 2.27 bits per heavy atom. The largest absolute Gasteiger partial charge is 0.321 e. The fourth-order valence-electron chi connectivity index (χ4n) is 1.26. The molecule has 0 amide bonds. The highest BCUT2D eigenvalue weighted by atomic mass is 79.9. The molecule has 0 aliphatic heterocycles. The van der Waals surface area contributed by atoms with Crippen LogP contribution in [0.25, 0.3) is 0 Å². The van der Waals surface area contributed by atoms with Gasteiger partial charge in [0.1, 0.15) is 5.69 Å². The highest BCUT2D eigenvalue weighted by Crippen LogP contribution is 2.17. The van der Waals surface area contributed by atoms with Gasteiger partial charge in [-0.3, -0.25) is 4.79 Å². The second kappa shape index (κ2) is 4.85. The molecule has 2 atom stereocenters. The maximum Gasteiger partial charge on any atom is 0.200 e. The Labute approximate surface area is 97.2 Å². The van der Waals surface area contributed by atoms with Crippen LogP contribution in [0.4, 0.5) is 0 Å². The number of hydrogen-bond acceptors (Lipinski definition) is 4. The van der Waals surface area contributed by atoms with Crippen molar-refractivity contribution < 1.29 is 4.79 Å². The Hall–Kier alpha value is -0.750. The quantitative estimate of drug-likeness (QED) is 0.836. The van der Waals surface area contributed by atoms with Gasteiger partial charge >= 0.3 is 0 Å². The van der Waals surface area contributed by atoms with E-state index < -0.39 is 6.04 Å². The number of aryl methyl sites for hydroxylation is 1. The van der Waals surface area contributed by atoms with E-state index in [1.165, 1.54) is 4.68 Å². The molecule has 15 heavy (non-hydrogen) atoms. The molecule has 1 aromatic rings. The summed E-state index contributed by atoms with van der Waals surface area (Å²) in [7, 11) is 1.67. The standard InChI is InChI=1S/C9H15BrN4O/c1-4-5(2)6(11)8(15)7-9(10)12-13-14(7)3/h5-6H,4,11H2,1-3H3. The van der Waals surface area contributed by atoms with Crippen molar-refractivity contribution in [1.29, 1.82) is 0 Å². The van der Waals surface area contributed by atoms with Crippen molar-refractivity contribution in [3.05, 3.63) is 10.3 Å². The van der Waals surface area contributed by atoms with Gasteiger partial charge in [0.05, 0.1) is 6.04 Å². The van der Waals surface area contributed by atoms with E-state index in [1.54, 1.807) is 7.05 Å². The summed E-state index contributed by atoms with van der Waals surface area (Å²) in [5.41, 5.74) is 6.29. The Bertz CT molecular complexity index is 343. The number of carbonyl (C=O) groups is 1. The summed E-state index contributed by atoms with van der Waals surface area (Å²) >= 11 is 3.19. The lowest BCUT2D eigenvalue weighted by Gasteiger charge is -2.16. The highest BCUT2D eigenvalue weighted by Gasteiger charge is 2.26. The molecule has 1 aromatic heterocycles. The minimum Gasteiger partial charge on any atom is -0.321 e. The van der Waals surface area contributed by atoms with E-state index in [2.05, 4.69) is 26.2 Å². The number of rotatable bonds is 4. The zero-order valence-corrected chi connectivity index (χ0v) is 10.7. The van der Waals surface area contributed by atoms with Crippen LogP contribution in [0.1, 0.15) is 30.8 Å². The van der Waals surface area contributed by atoms with E-state index in [-0.39, 0.29) is 11.7 Å². The normalized spacial score (nSPS) is 15.0. The summed E-state index contributed by atoms with van der Waals surface area (Å²) in [6.07, 6.45) is 0.871. The van der Waals surface area contributed by atoms with Crippen LogP contribution in [0, 0.1) is 5.92 Å². The topological polar surface area (TPSA) is 73.8 Å². The van der Waals surface area contributed by atoms with Gasteiger partial charge in [-0.25, -0.2) is 4.68 Å². The smallest absolute Gasteiger partial charge is 0.200 e. The number of carbonyl (C=O) groups excluding carboxylic acids is 1. The first-order chi connectivity index (χ1) is 6.99. The van der Waals surface area contributed by atoms with E-state index >= 15 is 0 Å². The van der Waals surface area contributed by atoms with Gasteiger partial charge in [0, 0.05) is 7.05 Å². The van der Waals surface area contributed by atoms with Crippen molar-refractivity contribution in [3.8, 4) is 0 Å². The highest BCUT2D eigenvalue weighted by molar-refractivity contribution is 9.10. The molecular formula is C9H15BrN4O. The van der Waals surface area contributed by atoms with Crippen molar-refractivity contribution in [1.82, 2.24) is 15.0 Å². The van der Waals surface area contributed by atoms with Gasteiger partial charge in [0.15, 0.2) is 4.60 Å². The predicted molar refractivity (Wildman–Crippen MR) is 60.5 cm³/mol. The maximum absolute atomic E-state index is 12.0.